The van der Waals surface area contributed by atoms with Gasteiger partial charge >= 0.3 is 6.03 Å². The van der Waals surface area contributed by atoms with Gasteiger partial charge < -0.3 is 5.32 Å². The molecule has 0 unspecified atom stereocenters. The van der Waals surface area contributed by atoms with Crippen LogP contribution in [0.15, 0.2) is 0 Å². The molecule has 1 aliphatic heterocycles. The second kappa shape index (κ2) is 5.32. The largest absolute Gasteiger partial charge is 0.329 e. The van der Waals surface area contributed by atoms with E-state index < -0.39 is 0 Å². The number of hydrogen-bond donors (Lipinski definition) is 1. The number of carbonyl (C=O) groups excluding carboxylic acids is 2. The average Bonchev–Trinajstić information content (AvgIpc) is 2.49. The van der Waals surface area contributed by atoms with Crippen molar-refractivity contribution >= 4 is 11.9 Å². The van der Waals surface area contributed by atoms with E-state index in [2.05, 4.69) is 26.1 Å². The van der Waals surface area contributed by atoms with Crippen molar-refractivity contribution in [3.05, 3.63) is 0 Å². The maximum absolute atomic E-state index is 11.4. The Hall–Kier alpha value is -1.06. The predicted octanol–water partition coefficient (Wildman–Crippen LogP) is 2.14. The zero-order valence-electron chi connectivity index (χ0n) is 10.5. The fraction of sp³-hybridized carbons (Fsp3) is 0.833. The van der Waals surface area contributed by atoms with E-state index in [0.717, 1.165) is 12.8 Å². The Labute approximate surface area is 97.4 Å². The lowest BCUT2D eigenvalue weighted by Gasteiger charge is -2.28. The minimum atomic E-state index is -0.242. The van der Waals surface area contributed by atoms with Gasteiger partial charge in [0.2, 0.25) is 5.91 Å². The van der Waals surface area contributed by atoms with Crippen LogP contribution in [0.1, 0.15) is 46.5 Å². The Morgan fingerprint density at radius 2 is 2.00 bits per heavy atom. The van der Waals surface area contributed by atoms with Gasteiger partial charge in [-0.2, -0.15) is 0 Å². The smallest absolute Gasteiger partial charge is 0.324 e. The van der Waals surface area contributed by atoms with Gasteiger partial charge in [0.05, 0.1) is 6.54 Å². The Morgan fingerprint density at radius 3 is 2.50 bits per heavy atom. The third-order valence-corrected chi connectivity index (χ3v) is 2.98. The van der Waals surface area contributed by atoms with Gasteiger partial charge in [-0.05, 0) is 11.8 Å². The molecule has 16 heavy (non-hydrogen) atoms. The number of amides is 3. The summed E-state index contributed by atoms with van der Waals surface area (Å²) >= 11 is 0. The van der Waals surface area contributed by atoms with Crippen LogP contribution in [0.25, 0.3) is 0 Å². The van der Waals surface area contributed by atoms with Gasteiger partial charge in [-0.1, -0.05) is 40.0 Å². The topological polar surface area (TPSA) is 49.4 Å². The molecule has 0 radical (unpaired) electrons. The number of carbonyl (C=O) groups is 2. The molecule has 0 spiro atoms. The van der Waals surface area contributed by atoms with Crippen LogP contribution in [0.4, 0.5) is 4.79 Å². The molecular weight excluding hydrogens is 204 g/mol. The molecule has 0 aromatic rings. The summed E-state index contributed by atoms with van der Waals surface area (Å²) in [7, 11) is 0. The van der Waals surface area contributed by atoms with Gasteiger partial charge in [0, 0.05) is 6.54 Å². The molecule has 0 saturated carbocycles. The number of hydrogen-bond acceptors (Lipinski definition) is 2. The van der Waals surface area contributed by atoms with E-state index in [0.29, 0.717) is 6.54 Å². The van der Waals surface area contributed by atoms with Crippen molar-refractivity contribution in [2.75, 3.05) is 13.1 Å². The van der Waals surface area contributed by atoms with E-state index in [1.165, 1.54) is 17.7 Å². The summed E-state index contributed by atoms with van der Waals surface area (Å²) in [4.78, 5) is 24.2. The molecule has 1 saturated heterocycles. The maximum Gasteiger partial charge on any atom is 0.324 e. The molecule has 1 rings (SSSR count). The molecule has 4 nitrogen and oxygen atoms in total. The number of rotatable bonds is 6. The van der Waals surface area contributed by atoms with E-state index in [-0.39, 0.29) is 23.9 Å². The second-order valence-corrected chi connectivity index (χ2v) is 5.26. The van der Waals surface area contributed by atoms with Crippen molar-refractivity contribution in [2.24, 2.45) is 5.41 Å². The average molecular weight is 226 g/mol. The third-order valence-electron chi connectivity index (χ3n) is 2.98. The first kappa shape index (κ1) is 13.0. The highest BCUT2D eigenvalue weighted by Gasteiger charge is 2.33. The molecule has 0 bridgehead atoms. The fourth-order valence-corrected chi connectivity index (χ4v) is 1.98. The highest BCUT2D eigenvalue weighted by atomic mass is 16.2. The van der Waals surface area contributed by atoms with Gasteiger partial charge in [-0.25, -0.2) is 4.79 Å². The summed E-state index contributed by atoms with van der Waals surface area (Å²) in [5.74, 6) is -0.103. The first-order valence-electron chi connectivity index (χ1n) is 6.04. The number of nitrogens with zero attached hydrogens (tertiary/aromatic N) is 1. The molecule has 1 heterocycles. The first-order chi connectivity index (χ1) is 7.46. The molecule has 0 aromatic carbocycles. The number of urea groups is 1. The van der Waals surface area contributed by atoms with Crippen LogP contribution in [0.3, 0.4) is 0 Å². The lowest BCUT2D eigenvalue weighted by Crippen LogP contribution is -2.39. The SMILES string of the molecule is CCCCCC(C)(C)CN1C(=O)CNC1=O. The standard InChI is InChI=1S/C12H22N2O2/c1-4-5-6-7-12(2,3)9-14-10(15)8-13-11(14)16/h4-9H2,1-3H3,(H,13,16). The fourth-order valence-electron chi connectivity index (χ4n) is 1.98. The van der Waals surface area contributed by atoms with Crippen LogP contribution in [0.2, 0.25) is 0 Å². The number of nitrogens with one attached hydrogen (secondary N) is 1. The van der Waals surface area contributed by atoms with E-state index in [9.17, 15) is 9.59 Å². The molecule has 4 heteroatoms. The van der Waals surface area contributed by atoms with Gasteiger partial charge in [-0.15, -0.1) is 0 Å². The normalized spacial score (nSPS) is 16.8. The summed E-state index contributed by atoms with van der Waals surface area (Å²) in [5, 5.41) is 2.55. The summed E-state index contributed by atoms with van der Waals surface area (Å²) in [6.45, 7) is 7.08. The van der Waals surface area contributed by atoms with Crippen LogP contribution in [-0.2, 0) is 4.79 Å². The zero-order valence-corrected chi connectivity index (χ0v) is 10.5. The molecule has 0 atom stereocenters. The Morgan fingerprint density at radius 1 is 1.31 bits per heavy atom. The van der Waals surface area contributed by atoms with Crippen molar-refractivity contribution in [2.45, 2.75) is 46.5 Å². The quantitative estimate of drug-likeness (QED) is 0.557. The van der Waals surface area contributed by atoms with Crippen molar-refractivity contribution in [1.82, 2.24) is 10.2 Å². The van der Waals surface area contributed by atoms with Crippen LogP contribution < -0.4 is 5.32 Å². The van der Waals surface area contributed by atoms with E-state index in [1.807, 2.05) is 0 Å². The van der Waals surface area contributed by atoms with Gasteiger partial charge in [0.25, 0.3) is 0 Å². The lowest BCUT2D eigenvalue weighted by atomic mass is 9.86. The van der Waals surface area contributed by atoms with E-state index >= 15 is 0 Å². The highest BCUT2D eigenvalue weighted by molar-refractivity contribution is 6.01. The number of imide groups is 1. The van der Waals surface area contributed by atoms with Gasteiger partial charge in [0.15, 0.2) is 0 Å². The minimum Gasteiger partial charge on any atom is -0.329 e. The second-order valence-electron chi connectivity index (χ2n) is 5.26. The van der Waals surface area contributed by atoms with Crippen LogP contribution in [0, 0.1) is 5.41 Å². The summed E-state index contributed by atoms with van der Waals surface area (Å²) < 4.78 is 0. The molecule has 1 N–H and O–H groups in total. The van der Waals surface area contributed by atoms with Crippen molar-refractivity contribution in [1.29, 1.82) is 0 Å². The molecule has 1 aliphatic rings. The van der Waals surface area contributed by atoms with Crippen molar-refractivity contribution < 1.29 is 9.59 Å². The van der Waals surface area contributed by atoms with Gasteiger partial charge in [-0.3, -0.25) is 9.69 Å². The van der Waals surface area contributed by atoms with Gasteiger partial charge in [0.1, 0.15) is 0 Å². The highest BCUT2D eigenvalue weighted by Crippen LogP contribution is 2.25. The summed E-state index contributed by atoms with van der Waals surface area (Å²) in [5.41, 5.74) is 0.0203. The van der Waals surface area contributed by atoms with Crippen molar-refractivity contribution in [3.8, 4) is 0 Å². The first-order valence-corrected chi connectivity index (χ1v) is 6.04. The molecule has 0 aliphatic carbocycles. The van der Waals surface area contributed by atoms with Crippen LogP contribution in [-0.4, -0.2) is 29.9 Å². The van der Waals surface area contributed by atoms with Crippen molar-refractivity contribution in [3.63, 3.8) is 0 Å². The Balaban J connectivity index is 2.44. The maximum atomic E-state index is 11.4. The molecular formula is C12H22N2O2. The van der Waals surface area contributed by atoms with E-state index in [1.54, 1.807) is 0 Å². The third kappa shape index (κ3) is 3.51. The number of unbranched alkanes of at least 4 members (excludes halogenated alkanes) is 2. The summed E-state index contributed by atoms with van der Waals surface area (Å²) in [6.07, 6.45) is 4.62. The lowest BCUT2D eigenvalue weighted by molar-refractivity contribution is -0.126. The zero-order chi connectivity index (χ0) is 12.2. The van der Waals surface area contributed by atoms with E-state index in [4.69, 9.17) is 0 Å². The Kier molecular flexibility index (Phi) is 4.33. The minimum absolute atomic E-state index is 0.0203. The molecule has 1 fully saturated rings. The summed E-state index contributed by atoms with van der Waals surface area (Å²) in [6, 6.07) is -0.242. The molecule has 92 valence electrons. The molecule has 3 amide bonds. The van der Waals surface area contributed by atoms with Crippen LogP contribution >= 0.6 is 0 Å². The monoisotopic (exact) mass is 226 g/mol. The molecule has 0 aromatic heterocycles. The Bertz CT molecular complexity index is 258. The van der Waals surface area contributed by atoms with Crippen LogP contribution in [0.5, 0.6) is 0 Å². The predicted molar refractivity (Wildman–Crippen MR) is 63.0 cm³/mol.